The molecule has 1 atom stereocenters. The van der Waals surface area contributed by atoms with E-state index in [0.717, 1.165) is 24.2 Å². The van der Waals surface area contributed by atoms with Crippen LogP contribution < -0.4 is 5.32 Å². The number of hydrogen-bond donors (Lipinski definition) is 1. The molecule has 1 aliphatic carbocycles. The van der Waals surface area contributed by atoms with Gasteiger partial charge in [0.1, 0.15) is 11.4 Å². The minimum absolute atomic E-state index is 0.211. The molecular formula is C19H28N4O4S. The van der Waals surface area contributed by atoms with Crippen LogP contribution in [0.3, 0.4) is 0 Å². The lowest BCUT2D eigenvalue weighted by molar-refractivity contribution is -0.149. The molecule has 3 rings (SSSR count). The number of imidazole rings is 1. The number of benzene rings is 1. The number of fused-ring (bicyclic) bond motifs is 1. The van der Waals surface area contributed by atoms with Crippen LogP contribution in [0.1, 0.15) is 32.5 Å². The molecule has 1 fully saturated rings. The summed E-state index contributed by atoms with van der Waals surface area (Å²) in [6.45, 7) is 4.96. The van der Waals surface area contributed by atoms with Gasteiger partial charge in [0.15, 0.2) is 0 Å². The van der Waals surface area contributed by atoms with Gasteiger partial charge in [0.05, 0.1) is 29.6 Å². The molecule has 0 unspecified atom stereocenters. The quantitative estimate of drug-likeness (QED) is 0.669. The molecule has 1 aromatic carbocycles. The summed E-state index contributed by atoms with van der Waals surface area (Å²) in [6.07, 6.45) is 1.99. The first-order valence-corrected chi connectivity index (χ1v) is 10.8. The van der Waals surface area contributed by atoms with Crippen molar-refractivity contribution in [2.24, 2.45) is 5.92 Å². The molecule has 1 aromatic heterocycles. The number of aromatic nitrogens is 2. The Morgan fingerprint density at radius 2 is 2.07 bits per heavy atom. The van der Waals surface area contributed by atoms with Gasteiger partial charge in [0, 0.05) is 20.6 Å². The second-order valence-corrected chi connectivity index (χ2v) is 9.68. The van der Waals surface area contributed by atoms with Crippen molar-refractivity contribution in [1.29, 1.82) is 0 Å². The number of nitrogens with one attached hydrogen (secondary N) is 1. The molecule has 1 aliphatic rings. The molecule has 28 heavy (non-hydrogen) atoms. The number of carbonyl (C=O) groups is 1. The predicted octanol–water partition coefficient (Wildman–Crippen LogP) is 1.74. The number of esters is 1. The van der Waals surface area contributed by atoms with Gasteiger partial charge in [-0.1, -0.05) is 0 Å². The van der Waals surface area contributed by atoms with E-state index in [-0.39, 0.29) is 16.8 Å². The van der Waals surface area contributed by atoms with Crippen molar-refractivity contribution in [2.75, 3.05) is 21.2 Å². The number of rotatable bonds is 8. The van der Waals surface area contributed by atoms with E-state index >= 15 is 0 Å². The summed E-state index contributed by atoms with van der Waals surface area (Å²) in [5.74, 6) is 0.748. The minimum Gasteiger partial charge on any atom is -0.468 e. The lowest BCUT2D eigenvalue weighted by Crippen LogP contribution is -2.52. The molecule has 0 radical (unpaired) electrons. The highest BCUT2D eigenvalue weighted by Crippen LogP contribution is 2.40. The van der Waals surface area contributed by atoms with Gasteiger partial charge in [-0.2, -0.15) is 0 Å². The van der Waals surface area contributed by atoms with Crippen molar-refractivity contribution in [3.8, 4) is 0 Å². The van der Waals surface area contributed by atoms with Crippen molar-refractivity contribution in [1.82, 2.24) is 19.2 Å². The van der Waals surface area contributed by atoms with Gasteiger partial charge < -0.3 is 9.30 Å². The molecule has 154 valence electrons. The van der Waals surface area contributed by atoms with Gasteiger partial charge in [0.2, 0.25) is 10.0 Å². The molecule has 1 saturated carbocycles. The molecule has 0 aliphatic heterocycles. The largest absolute Gasteiger partial charge is 0.468 e. The zero-order valence-electron chi connectivity index (χ0n) is 17.0. The maximum absolute atomic E-state index is 12.4. The summed E-state index contributed by atoms with van der Waals surface area (Å²) in [7, 11) is 0.887. The van der Waals surface area contributed by atoms with Gasteiger partial charge in [-0.05, 0) is 50.8 Å². The topological polar surface area (TPSA) is 93.5 Å². The monoisotopic (exact) mass is 408 g/mol. The molecule has 0 amide bonds. The molecule has 0 spiro atoms. The van der Waals surface area contributed by atoms with Crippen LogP contribution >= 0.6 is 0 Å². The number of ether oxygens (including phenoxy) is 1. The van der Waals surface area contributed by atoms with E-state index in [1.54, 1.807) is 18.2 Å². The fraction of sp³-hybridized carbons (Fsp3) is 0.579. The van der Waals surface area contributed by atoms with Gasteiger partial charge in [-0.3, -0.25) is 10.1 Å². The highest BCUT2D eigenvalue weighted by Gasteiger charge is 2.48. The van der Waals surface area contributed by atoms with E-state index in [2.05, 4.69) is 10.3 Å². The van der Waals surface area contributed by atoms with Crippen LogP contribution in [0.2, 0.25) is 0 Å². The fourth-order valence-corrected chi connectivity index (χ4v) is 4.46. The van der Waals surface area contributed by atoms with Crippen LogP contribution in [0, 0.1) is 5.92 Å². The Hall–Kier alpha value is -1.97. The molecule has 0 bridgehead atoms. The highest BCUT2D eigenvalue weighted by molar-refractivity contribution is 7.89. The van der Waals surface area contributed by atoms with Crippen molar-refractivity contribution in [3.05, 3.63) is 24.0 Å². The maximum atomic E-state index is 12.4. The van der Waals surface area contributed by atoms with E-state index < -0.39 is 15.6 Å². The second kappa shape index (κ2) is 7.46. The average Bonchev–Trinajstić information content (AvgIpc) is 3.46. The predicted molar refractivity (Wildman–Crippen MR) is 106 cm³/mol. The summed E-state index contributed by atoms with van der Waals surface area (Å²) in [4.78, 5) is 17.2. The van der Waals surface area contributed by atoms with Gasteiger partial charge in [-0.15, -0.1) is 0 Å². The lowest BCUT2D eigenvalue weighted by Gasteiger charge is -2.28. The maximum Gasteiger partial charge on any atom is 0.326 e. The van der Waals surface area contributed by atoms with Gasteiger partial charge in [-0.25, -0.2) is 17.7 Å². The van der Waals surface area contributed by atoms with Crippen LogP contribution in [0.25, 0.3) is 11.0 Å². The Morgan fingerprint density at radius 1 is 1.39 bits per heavy atom. The third-order valence-electron chi connectivity index (χ3n) is 5.51. The van der Waals surface area contributed by atoms with E-state index in [0.29, 0.717) is 18.6 Å². The number of aryl methyl sites for hydroxylation is 1. The molecule has 1 N–H and O–H groups in total. The van der Waals surface area contributed by atoms with Crippen molar-refractivity contribution in [2.45, 2.75) is 50.2 Å². The Balaban J connectivity index is 1.94. The lowest BCUT2D eigenvalue weighted by atomic mass is 9.96. The Bertz CT molecular complexity index is 995. The van der Waals surface area contributed by atoms with Crippen molar-refractivity contribution < 1.29 is 17.9 Å². The van der Waals surface area contributed by atoms with E-state index in [1.807, 2.05) is 18.4 Å². The van der Waals surface area contributed by atoms with Crippen LogP contribution in [0.5, 0.6) is 0 Å². The van der Waals surface area contributed by atoms with Crippen molar-refractivity contribution >= 4 is 27.0 Å². The van der Waals surface area contributed by atoms with Crippen LogP contribution in [0.15, 0.2) is 23.1 Å². The first kappa shape index (κ1) is 20.8. The summed E-state index contributed by atoms with van der Waals surface area (Å²) in [5, 5.41) is 3.34. The molecular weight excluding hydrogens is 380 g/mol. The number of hydrogen-bond acceptors (Lipinski definition) is 6. The number of carbonyl (C=O) groups excluding carboxylic acids is 1. The van der Waals surface area contributed by atoms with Crippen LogP contribution in [-0.2, 0) is 32.6 Å². The smallest absolute Gasteiger partial charge is 0.326 e. The molecule has 1 heterocycles. The Morgan fingerprint density at radius 3 is 2.61 bits per heavy atom. The molecule has 2 aromatic rings. The first-order valence-electron chi connectivity index (χ1n) is 9.40. The summed E-state index contributed by atoms with van der Waals surface area (Å²) < 4.78 is 33.0. The van der Waals surface area contributed by atoms with E-state index in [4.69, 9.17) is 4.74 Å². The van der Waals surface area contributed by atoms with Crippen molar-refractivity contribution in [3.63, 3.8) is 0 Å². The number of methoxy groups -OCH3 is 1. The average molecular weight is 409 g/mol. The number of nitrogens with zero attached hydrogens (tertiary/aromatic N) is 3. The first-order chi connectivity index (χ1) is 13.1. The van der Waals surface area contributed by atoms with Gasteiger partial charge >= 0.3 is 5.97 Å². The normalized spacial score (nSPS) is 17.1. The summed E-state index contributed by atoms with van der Waals surface area (Å²) >= 11 is 0. The van der Waals surface area contributed by atoms with Gasteiger partial charge in [0.25, 0.3) is 0 Å². The number of sulfonamides is 1. The fourth-order valence-electron chi connectivity index (χ4n) is 3.54. The second-order valence-electron chi connectivity index (χ2n) is 7.53. The molecule has 9 heteroatoms. The third-order valence-corrected chi connectivity index (χ3v) is 7.32. The summed E-state index contributed by atoms with van der Waals surface area (Å²) in [5.41, 5.74) is 0.737. The Kier molecular flexibility index (Phi) is 5.53. The van der Waals surface area contributed by atoms with E-state index in [1.165, 1.54) is 25.5 Å². The minimum atomic E-state index is -3.52. The molecule has 8 nitrogen and oxygen atoms in total. The summed E-state index contributed by atoms with van der Waals surface area (Å²) in [6, 6.07) is 4.98. The Labute approximate surface area is 165 Å². The zero-order chi connectivity index (χ0) is 20.7. The SMILES string of the molecule is CCn1c(CN[C@@](C)(C(=O)OC)C2CC2)nc2cc(S(=O)(=O)N(C)C)ccc21. The van der Waals surface area contributed by atoms with E-state index in [9.17, 15) is 13.2 Å². The standard InChI is InChI=1S/C19H28N4O4S/c1-6-23-16-10-9-14(28(25,26)22(3)4)11-15(16)21-17(23)12-20-19(2,13-7-8-13)18(24)27-5/h9-11,13,20H,6-8,12H2,1-5H3/t19-/m1/s1. The zero-order valence-corrected chi connectivity index (χ0v) is 17.8. The third kappa shape index (κ3) is 3.54. The molecule has 0 saturated heterocycles. The van der Waals surface area contributed by atoms with Crippen LogP contribution in [-0.4, -0.2) is 55.0 Å². The highest BCUT2D eigenvalue weighted by atomic mass is 32.2. The van der Waals surface area contributed by atoms with Crippen LogP contribution in [0.4, 0.5) is 0 Å².